The van der Waals surface area contributed by atoms with E-state index in [2.05, 4.69) is 9.97 Å². The Kier molecular flexibility index (Phi) is 7.75. The molecule has 0 amide bonds. The average molecular weight is 491 g/mol. The number of primary sulfonamides is 1. The van der Waals surface area contributed by atoms with Crippen LogP contribution in [0.15, 0.2) is 58.3 Å². The van der Waals surface area contributed by atoms with Crippen molar-refractivity contribution in [1.29, 1.82) is 0 Å². The summed E-state index contributed by atoms with van der Waals surface area (Å²) in [5.74, 6) is -0.382. The molecule has 3 rings (SSSR count). The SMILES string of the molecule is CCOC(=O)CCN(Cc1ccco1)c1ncnc(Oc2ccc(S(N)(=O)=O)cc2)c1[N+](=O)[O-]. The number of rotatable bonds is 11. The maximum absolute atomic E-state index is 12.0. The largest absolute Gasteiger partial charge is 0.467 e. The van der Waals surface area contributed by atoms with Gasteiger partial charge < -0.3 is 18.8 Å². The van der Waals surface area contributed by atoms with E-state index in [1.807, 2.05) is 0 Å². The zero-order valence-electron chi connectivity index (χ0n) is 18.0. The molecule has 2 N–H and O–H groups in total. The molecule has 0 aliphatic heterocycles. The molecule has 0 unspecified atom stereocenters. The molecule has 14 heteroatoms. The summed E-state index contributed by atoms with van der Waals surface area (Å²) in [5, 5.41) is 17.0. The van der Waals surface area contributed by atoms with Crippen molar-refractivity contribution in [2.45, 2.75) is 24.8 Å². The molecule has 0 spiro atoms. The van der Waals surface area contributed by atoms with Gasteiger partial charge in [0.15, 0.2) is 0 Å². The number of carbonyl (C=O) groups is 1. The lowest BCUT2D eigenvalue weighted by atomic mass is 10.3. The van der Waals surface area contributed by atoms with Crippen LogP contribution >= 0.6 is 0 Å². The molecule has 0 bridgehead atoms. The molecule has 0 aliphatic carbocycles. The highest BCUT2D eigenvalue weighted by molar-refractivity contribution is 7.89. The summed E-state index contributed by atoms with van der Waals surface area (Å²) in [6.07, 6.45) is 2.48. The first-order chi connectivity index (χ1) is 16.2. The molecule has 0 radical (unpaired) electrons. The Bertz CT molecular complexity index is 1250. The van der Waals surface area contributed by atoms with Gasteiger partial charge in [-0.25, -0.2) is 18.5 Å². The fourth-order valence-corrected chi connectivity index (χ4v) is 3.45. The van der Waals surface area contributed by atoms with Crippen molar-refractivity contribution < 1.29 is 32.0 Å². The second-order valence-corrected chi connectivity index (χ2v) is 8.34. The highest BCUT2D eigenvalue weighted by Gasteiger charge is 2.30. The molecule has 2 aromatic heterocycles. The highest BCUT2D eigenvalue weighted by atomic mass is 32.2. The van der Waals surface area contributed by atoms with Crippen LogP contribution in [0.2, 0.25) is 0 Å². The molecule has 180 valence electrons. The topological polar surface area (TPSA) is 181 Å². The number of carbonyl (C=O) groups excluding carboxylic acids is 1. The third-order valence-corrected chi connectivity index (χ3v) is 5.37. The standard InChI is InChI=1S/C20H21N5O8S/c1-2-31-17(26)9-10-24(12-15-4-3-11-32-15)19-18(25(27)28)20(23-13-22-19)33-14-5-7-16(8-6-14)34(21,29)30/h3-8,11,13H,2,9-10,12H2,1H3,(H2,21,29,30). The first-order valence-corrected chi connectivity index (χ1v) is 11.5. The Hall–Kier alpha value is -4.04. The van der Waals surface area contributed by atoms with Gasteiger partial charge in [0.25, 0.3) is 0 Å². The van der Waals surface area contributed by atoms with E-state index in [-0.39, 0.29) is 48.5 Å². The minimum Gasteiger partial charge on any atom is -0.467 e. The van der Waals surface area contributed by atoms with Crippen LogP contribution in [0.4, 0.5) is 11.5 Å². The van der Waals surface area contributed by atoms with Gasteiger partial charge in [-0.1, -0.05) is 0 Å². The van der Waals surface area contributed by atoms with Gasteiger partial charge in [-0.3, -0.25) is 14.9 Å². The first-order valence-electron chi connectivity index (χ1n) is 9.92. The smallest absolute Gasteiger partial charge is 0.373 e. The van der Waals surface area contributed by atoms with E-state index in [0.717, 1.165) is 6.33 Å². The Morgan fingerprint density at radius 1 is 1.24 bits per heavy atom. The van der Waals surface area contributed by atoms with Gasteiger partial charge in [0.1, 0.15) is 17.8 Å². The van der Waals surface area contributed by atoms with E-state index in [1.54, 1.807) is 19.1 Å². The Balaban J connectivity index is 1.95. The summed E-state index contributed by atoms with van der Waals surface area (Å²) >= 11 is 0. The number of sulfonamides is 1. The van der Waals surface area contributed by atoms with Crippen LogP contribution in [0.25, 0.3) is 0 Å². The van der Waals surface area contributed by atoms with Crippen LogP contribution in [0.1, 0.15) is 19.1 Å². The van der Waals surface area contributed by atoms with E-state index in [1.165, 1.54) is 35.4 Å². The summed E-state index contributed by atoms with van der Waals surface area (Å²) in [6, 6.07) is 8.30. The van der Waals surface area contributed by atoms with Crippen LogP contribution in [0.5, 0.6) is 11.6 Å². The number of esters is 1. The molecule has 1 aromatic carbocycles. The van der Waals surface area contributed by atoms with Crippen molar-refractivity contribution in [2.75, 3.05) is 18.1 Å². The minimum atomic E-state index is -3.92. The van der Waals surface area contributed by atoms with Gasteiger partial charge in [0.2, 0.25) is 15.8 Å². The zero-order valence-corrected chi connectivity index (χ0v) is 18.8. The lowest BCUT2D eigenvalue weighted by molar-refractivity contribution is -0.385. The number of nitrogens with zero attached hydrogens (tertiary/aromatic N) is 4. The number of ether oxygens (including phenoxy) is 2. The van der Waals surface area contributed by atoms with E-state index in [4.69, 9.17) is 19.0 Å². The number of anilines is 1. The summed E-state index contributed by atoms with van der Waals surface area (Å²) in [7, 11) is -3.92. The zero-order chi connectivity index (χ0) is 24.7. The average Bonchev–Trinajstić information content (AvgIpc) is 3.29. The fourth-order valence-electron chi connectivity index (χ4n) is 2.94. The third kappa shape index (κ3) is 6.26. The predicted molar refractivity (Wildman–Crippen MR) is 118 cm³/mol. The van der Waals surface area contributed by atoms with Gasteiger partial charge in [0, 0.05) is 6.54 Å². The number of hydrogen-bond acceptors (Lipinski definition) is 11. The number of benzene rings is 1. The van der Waals surface area contributed by atoms with Gasteiger partial charge in [-0.2, -0.15) is 4.98 Å². The van der Waals surface area contributed by atoms with Crippen molar-refractivity contribution in [1.82, 2.24) is 9.97 Å². The monoisotopic (exact) mass is 491 g/mol. The van der Waals surface area contributed by atoms with E-state index in [0.29, 0.717) is 5.76 Å². The van der Waals surface area contributed by atoms with E-state index < -0.39 is 26.6 Å². The van der Waals surface area contributed by atoms with Crippen LogP contribution in [-0.2, 0) is 26.1 Å². The van der Waals surface area contributed by atoms with E-state index in [9.17, 15) is 23.3 Å². The molecule has 3 aromatic rings. The van der Waals surface area contributed by atoms with Crippen molar-refractivity contribution in [3.8, 4) is 11.6 Å². The van der Waals surface area contributed by atoms with E-state index >= 15 is 0 Å². The van der Waals surface area contributed by atoms with Gasteiger partial charge in [-0.15, -0.1) is 0 Å². The molecule has 2 heterocycles. The normalized spacial score (nSPS) is 11.1. The molecule has 0 aliphatic rings. The predicted octanol–water partition coefficient (Wildman–Crippen LogP) is 2.38. The molecule has 0 saturated heterocycles. The summed E-state index contributed by atoms with van der Waals surface area (Å²) in [4.78, 5) is 32.4. The molecule has 34 heavy (non-hydrogen) atoms. The maximum atomic E-state index is 12.0. The summed E-state index contributed by atoms with van der Waals surface area (Å²) in [6.45, 7) is 1.99. The molecular weight excluding hydrogens is 470 g/mol. The number of nitro groups is 1. The van der Waals surface area contributed by atoms with Crippen molar-refractivity contribution >= 4 is 27.5 Å². The number of nitrogens with two attached hydrogens (primary N) is 1. The van der Waals surface area contributed by atoms with Crippen LogP contribution in [-0.4, -0.2) is 42.4 Å². The fraction of sp³-hybridized carbons (Fsp3) is 0.250. The molecule has 0 atom stereocenters. The summed E-state index contributed by atoms with van der Waals surface area (Å²) in [5.41, 5.74) is -0.548. The highest BCUT2D eigenvalue weighted by Crippen LogP contribution is 2.37. The van der Waals surface area contributed by atoms with Crippen LogP contribution in [0, 0.1) is 10.1 Å². The molecule has 13 nitrogen and oxygen atoms in total. The number of furan rings is 1. The van der Waals surface area contributed by atoms with Gasteiger partial charge in [-0.05, 0) is 43.3 Å². The van der Waals surface area contributed by atoms with Crippen LogP contribution < -0.4 is 14.8 Å². The van der Waals surface area contributed by atoms with Crippen molar-refractivity contribution in [3.63, 3.8) is 0 Å². The Morgan fingerprint density at radius 2 is 1.97 bits per heavy atom. The minimum absolute atomic E-state index is 0.0416. The van der Waals surface area contributed by atoms with Gasteiger partial charge >= 0.3 is 17.5 Å². The Labute approximate surface area is 194 Å². The second-order valence-electron chi connectivity index (χ2n) is 6.78. The number of hydrogen-bond donors (Lipinski definition) is 1. The lowest BCUT2D eigenvalue weighted by Crippen LogP contribution is -2.28. The number of aromatic nitrogens is 2. The molecule has 0 fully saturated rings. The Morgan fingerprint density at radius 3 is 2.56 bits per heavy atom. The molecular formula is C20H21N5O8S. The quantitative estimate of drug-likeness (QED) is 0.236. The van der Waals surface area contributed by atoms with Crippen LogP contribution in [0.3, 0.4) is 0 Å². The summed E-state index contributed by atoms with van der Waals surface area (Å²) < 4.78 is 38.7. The maximum Gasteiger partial charge on any atom is 0.373 e. The molecule has 0 saturated carbocycles. The first kappa shape index (κ1) is 24.6. The van der Waals surface area contributed by atoms with Gasteiger partial charge in [0.05, 0.1) is 35.7 Å². The lowest BCUT2D eigenvalue weighted by Gasteiger charge is -2.22. The second kappa shape index (κ2) is 10.7. The third-order valence-electron chi connectivity index (χ3n) is 4.44. The van der Waals surface area contributed by atoms with Crippen molar-refractivity contribution in [2.24, 2.45) is 5.14 Å². The van der Waals surface area contributed by atoms with Crippen molar-refractivity contribution in [3.05, 3.63) is 64.9 Å².